The predicted molar refractivity (Wildman–Crippen MR) is 133 cm³/mol. The maximum absolute atomic E-state index is 13.7. The summed E-state index contributed by atoms with van der Waals surface area (Å²) in [4.78, 5) is 42.9. The van der Waals surface area contributed by atoms with Crippen molar-refractivity contribution in [3.8, 4) is 17.0 Å². The Balaban J connectivity index is 1.51. The SMILES string of the molecule is O=C(CSc1nc2scc(-c3ccco3)c2c(=O)n1-c1ccccc1)Nc1ccccc1C(=O)[O-]. The van der Waals surface area contributed by atoms with Crippen molar-refractivity contribution in [2.75, 3.05) is 11.1 Å². The highest BCUT2D eigenvalue weighted by Crippen LogP contribution is 2.33. The molecule has 3 aromatic heterocycles. The molecule has 0 saturated carbocycles. The monoisotopic (exact) mass is 502 g/mol. The number of amides is 1. The number of carbonyl (C=O) groups excluding carboxylic acids is 2. The number of rotatable bonds is 7. The minimum absolute atomic E-state index is 0.0947. The molecule has 8 nitrogen and oxygen atoms in total. The van der Waals surface area contributed by atoms with Crippen LogP contribution in [0, 0.1) is 0 Å². The number of aromatic carboxylic acids is 1. The second-order valence-electron chi connectivity index (χ2n) is 7.35. The number of thioether (sulfide) groups is 1. The van der Waals surface area contributed by atoms with Crippen LogP contribution >= 0.6 is 23.1 Å². The molecule has 0 bridgehead atoms. The second-order valence-corrected chi connectivity index (χ2v) is 9.15. The minimum Gasteiger partial charge on any atom is -0.545 e. The standard InChI is InChI=1S/C25H17N3O5S2/c29-20(26-18-10-5-4-9-16(18)24(31)32)14-35-25-27-22-21(17(13-34-22)19-11-6-12-33-19)23(30)28(25)15-7-2-1-3-8-15/h1-13H,14H2,(H,26,29)(H,31,32)/p-1. The molecule has 35 heavy (non-hydrogen) atoms. The minimum atomic E-state index is -1.39. The Labute approximate surface area is 206 Å². The van der Waals surface area contributed by atoms with Crippen LogP contribution < -0.4 is 16.0 Å². The molecule has 0 saturated heterocycles. The van der Waals surface area contributed by atoms with E-state index in [-0.39, 0.29) is 22.6 Å². The second kappa shape index (κ2) is 9.61. The van der Waals surface area contributed by atoms with Gasteiger partial charge in [-0.2, -0.15) is 0 Å². The molecule has 3 heterocycles. The Hall–Kier alpha value is -4.15. The highest BCUT2D eigenvalue weighted by atomic mass is 32.2. The summed E-state index contributed by atoms with van der Waals surface area (Å²) in [7, 11) is 0. The Bertz CT molecular complexity index is 1590. The maximum Gasteiger partial charge on any atom is 0.268 e. The van der Waals surface area contributed by atoms with Crippen molar-refractivity contribution in [1.29, 1.82) is 0 Å². The Morgan fingerprint density at radius 1 is 1.06 bits per heavy atom. The van der Waals surface area contributed by atoms with Crippen molar-refractivity contribution in [1.82, 2.24) is 9.55 Å². The number of anilines is 1. The number of carboxylic acids is 1. The van der Waals surface area contributed by atoms with E-state index in [0.717, 1.165) is 11.8 Å². The normalized spacial score (nSPS) is 11.0. The first-order valence-corrected chi connectivity index (χ1v) is 12.3. The molecule has 0 aliphatic rings. The van der Waals surface area contributed by atoms with Crippen LogP contribution in [-0.4, -0.2) is 27.2 Å². The topological polar surface area (TPSA) is 117 Å². The highest BCUT2D eigenvalue weighted by Gasteiger charge is 2.20. The lowest BCUT2D eigenvalue weighted by atomic mass is 10.2. The van der Waals surface area contributed by atoms with Crippen molar-refractivity contribution in [2.45, 2.75) is 5.16 Å². The fraction of sp³-hybridized carbons (Fsp3) is 0.0400. The lowest BCUT2D eigenvalue weighted by molar-refractivity contribution is -0.254. The predicted octanol–water partition coefficient (Wildman–Crippen LogP) is 3.80. The molecule has 0 spiro atoms. The Kier molecular flexibility index (Phi) is 6.21. The third-order valence-corrected chi connectivity index (χ3v) is 6.94. The van der Waals surface area contributed by atoms with E-state index in [2.05, 4.69) is 10.3 Å². The van der Waals surface area contributed by atoms with E-state index in [4.69, 9.17) is 4.42 Å². The van der Waals surface area contributed by atoms with Gasteiger partial charge in [-0.3, -0.25) is 14.2 Å². The molecule has 174 valence electrons. The summed E-state index contributed by atoms with van der Waals surface area (Å²) in [5.41, 5.74) is 1.01. The third kappa shape index (κ3) is 4.48. The van der Waals surface area contributed by atoms with E-state index in [9.17, 15) is 19.5 Å². The van der Waals surface area contributed by atoms with Gasteiger partial charge in [0.1, 0.15) is 10.6 Å². The number of furan rings is 1. The Morgan fingerprint density at radius 2 is 1.83 bits per heavy atom. The number of carbonyl (C=O) groups is 2. The van der Waals surface area contributed by atoms with E-state index >= 15 is 0 Å². The van der Waals surface area contributed by atoms with Gasteiger partial charge in [-0.25, -0.2) is 4.98 Å². The maximum atomic E-state index is 13.7. The van der Waals surface area contributed by atoms with Gasteiger partial charge in [-0.15, -0.1) is 11.3 Å². The molecule has 1 amide bonds. The average Bonchev–Trinajstić information content (AvgIpc) is 3.54. The lowest BCUT2D eigenvalue weighted by Crippen LogP contribution is -2.25. The van der Waals surface area contributed by atoms with Gasteiger partial charge in [-0.1, -0.05) is 48.2 Å². The van der Waals surface area contributed by atoms with Crippen molar-refractivity contribution in [3.05, 3.63) is 94.3 Å². The first-order valence-electron chi connectivity index (χ1n) is 10.4. The molecule has 0 aliphatic carbocycles. The van der Waals surface area contributed by atoms with Crippen LogP contribution in [0.15, 0.2) is 92.7 Å². The number of fused-ring (bicyclic) bond motifs is 1. The van der Waals surface area contributed by atoms with Gasteiger partial charge in [0.15, 0.2) is 5.16 Å². The molecular formula is C25H16N3O5S2-. The molecule has 0 fully saturated rings. The number of para-hydroxylation sites is 2. The molecule has 5 rings (SSSR count). The largest absolute Gasteiger partial charge is 0.545 e. The zero-order valence-corrected chi connectivity index (χ0v) is 19.6. The van der Waals surface area contributed by atoms with Gasteiger partial charge in [-0.05, 0) is 30.3 Å². The number of carboxylic acid groups (broad SMARTS) is 1. The fourth-order valence-corrected chi connectivity index (χ4v) is 5.35. The van der Waals surface area contributed by atoms with Crippen molar-refractivity contribution >= 4 is 50.9 Å². The molecule has 10 heteroatoms. The van der Waals surface area contributed by atoms with Crippen LogP contribution in [0.1, 0.15) is 10.4 Å². The number of benzene rings is 2. The molecule has 5 aromatic rings. The van der Waals surface area contributed by atoms with E-state index in [1.165, 1.54) is 28.0 Å². The van der Waals surface area contributed by atoms with Gasteiger partial charge in [0.25, 0.3) is 5.56 Å². The van der Waals surface area contributed by atoms with Gasteiger partial charge >= 0.3 is 0 Å². The van der Waals surface area contributed by atoms with Crippen molar-refractivity contribution in [2.24, 2.45) is 0 Å². The van der Waals surface area contributed by atoms with E-state index in [1.807, 2.05) is 23.6 Å². The average molecular weight is 503 g/mol. The first-order chi connectivity index (χ1) is 17.0. The van der Waals surface area contributed by atoms with Gasteiger partial charge in [0, 0.05) is 22.2 Å². The summed E-state index contributed by atoms with van der Waals surface area (Å²) in [6, 6.07) is 18.6. The first kappa shape index (κ1) is 22.6. The molecule has 0 unspecified atom stereocenters. The molecule has 0 atom stereocenters. The lowest BCUT2D eigenvalue weighted by Gasteiger charge is -2.13. The van der Waals surface area contributed by atoms with Gasteiger partial charge < -0.3 is 19.6 Å². The summed E-state index contributed by atoms with van der Waals surface area (Å²) in [6.45, 7) is 0. The third-order valence-electron chi connectivity index (χ3n) is 5.13. The smallest absolute Gasteiger partial charge is 0.268 e. The molecule has 0 aliphatic heterocycles. The van der Waals surface area contributed by atoms with Crippen LogP contribution in [-0.2, 0) is 4.79 Å². The van der Waals surface area contributed by atoms with Gasteiger partial charge in [0.2, 0.25) is 5.91 Å². The van der Waals surface area contributed by atoms with E-state index in [0.29, 0.717) is 32.4 Å². The quantitative estimate of drug-likeness (QED) is 0.266. The zero-order valence-electron chi connectivity index (χ0n) is 18.0. The van der Waals surface area contributed by atoms with Crippen LogP contribution in [0.4, 0.5) is 5.69 Å². The fourth-order valence-electron chi connectivity index (χ4n) is 3.57. The van der Waals surface area contributed by atoms with Gasteiger partial charge in [0.05, 0.1) is 29.1 Å². The number of hydrogen-bond acceptors (Lipinski definition) is 8. The number of hydrogen-bond donors (Lipinski definition) is 1. The van der Waals surface area contributed by atoms with Crippen molar-refractivity contribution < 1.29 is 19.1 Å². The van der Waals surface area contributed by atoms with Crippen LogP contribution in [0.2, 0.25) is 0 Å². The zero-order chi connectivity index (χ0) is 24.4. The van der Waals surface area contributed by atoms with E-state index < -0.39 is 11.9 Å². The summed E-state index contributed by atoms with van der Waals surface area (Å²) in [5.74, 6) is -1.35. The highest BCUT2D eigenvalue weighted by molar-refractivity contribution is 7.99. The molecule has 2 aromatic carbocycles. The number of nitrogens with one attached hydrogen (secondary N) is 1. The van der Waals surface area contributed by atoms with Crippen LogP contribution in [0.5, 0.6) is 0 Å². The van der Waals surface area contributed by atoms with Crippen molar-refractivity contribution in [3.63, 3.8) is 0 Å². The summed E-state index contributed by atoms with van der Waals surface area (Å²) >= 11 is 2.40. The summed E-state index contributed by atoms with van der Waals surface area (Å²) < 4.78 is 6.97. The van der Waals surface area contributed by atoms with E-state index in [1.54, 1.807) is 42.7 Å². The molecule has 1 N–H and O–H groups in total. The summed E-state index contributed by atoms with van der Waals surface area (Å²) in [5, 5.41) is 16.5. The van der Waals surface area contributed by atoms with Crippen LogP contribution in [0.3, 0.4) is 0 Å². The number of aromatic nitrogens is 2. The molecular weight excluding hydrogens is 486 g/mol. The summed E-state index contributed by atoms with van der Waals surface area (Å²) in [6.07, 6.45) is 1.55. The molecule has 0 radical (unpaired) electrons. The number of nitrogens with zero attached hydrogens (tertiary/aromatic N) is 2. The number of thiophene rings is 1. The van der Waals surface area contributed by atoms with Crippen LogP contribution in [0.25, 0.3) is 27.2 Å². The Morgan fingerprint density at radius 3 is 2.57 bits per heavy atom.